The summed E-state index contributed by atoms with van der Waals surface area (Å²) < 4.78 is 46.6. The van der Waals surface area contributed by atoms with E-state index < -0.39 is 24.2 Å². The van der Waals surface area contributed by atoms with Crippen molar-refractivity contribution in [2.24, 2.45) is 0 Å². The lowest BCUT2D eigenvalue weighted by atomic mass is 9.96. The second kappa shape index (κ2) is 7.59. The normalized spacial score (nSPS) is 19.3. The van der Waals surface area contributed by atoms with Crippen molar-refractivity contribution < 1.29 is 22.7 Å². The molecule has 1 aliphatic rings. The van der Waals surface area contributed by atoms with Crippen LogP contribution in [0.5, 0.6) is 0 Å². The van der Waals surface area contributed by atoms with E-state index in [-0.39, 0.29) is 24.3 Å². The minimum Gasteiger partial charge on any atom is -0.383 e. The Bertz CT molecular complexity index is 802. The molecule has 2 unspecified atom stereocenters. The summed E-state index contributed by atoms with van der Waals surface area (Å²) >= 11 is 0. The molecule has 2 heterocycles. The third kappa shape index (κ3) is 4.08. The molecule has 0 saturated heterocycles. The lowest BCUT2D eigenvalue weighted by molar-refractivity contribution is -0.173. The summed E-state index contributed by atoms with van der Waals surface area (Å²) in [4.78, 5) is 12.4. The molecule has 27 heavy (non-hydrogen) atoms. The molecule has 0 saturated carbocycles. The molecule has 2 aromatic rings. The highest BCUT2D eigenvalue weighted by atomic mass is 19.4. The van der Waals surface area contributed by atoms with Crippen LogP contribution in [0.4, 0.5) is 19.0 Å². The summed E-state index contributed by atoms with van der Waals surface area (Å²) in [6.45, 7) is 2.47. The summed E-state index contributed by atoms with van der Waals surface area (Å²) in [7, 11) is 1.50. The number of carbonyl (C=O) groups is 1. The van der Waals surface area contributed by atoms with Crippen LogP contribution >= 0.6 is 0 Å². The number of rotatable bonds is 5. The molecular formula is C18H21F3N4O2. The Morgan fingerprint density at radius 2 is 2.07 bits per heavy atom. The van der Waals surface area contributed by atoms with Gasteiger partial charge in [0.25, 0.3) is 5.91 Å². The minimum atomic E-state index is -4.48. The Labute approximate surface area is 154 Å². The van der Waals surface area contributed by atoms with Gasteiger partial charge >= 0.3 is 6.18 Å². The van der Waals surface area contributed by atoms with E-state index in [0.29, 0.717) is 6.61 Å². The molecular weight excluding hydrogens is 361 g/mol. The SMILES string of the molecule is COCCNC(=O)c1cnn2c1NC(c1ccc(C)cc1)CC2C(F)(F)F. The number of hydrogen-bond donors (Lipinski definition) is 2. The number of halogens is 3. The van der Waals surface area contributed by atoms with E-state index in [0.717, 1.165) is 15.8 Å². The average molecular weight is 382 g/mol. The highest BCUT2D eigenvalue weighted by Crippen LogP contribution is 2.44. The Hall–Kier alpha value is -2.55. The Morgan fingerprint density at radius 3 is 2.70 bits per heavy atom. The topological polar surface area (TPSA) is 68.2 Å². The van der Waals surface area contributed by atoms with Gasteiger partial charge < -0.3 is 15.4 Å². The first-order valence-corrected chi connectivity index (χ1v) is 8.55. The third-order valence-corrected chi connectivity index (χ3v) is 4.55. The van der Waals surface area contributed by atoms with Crippen LogP contribution in [-0.4, -0.2) is 42.1 Å². The molecule has 9 heteroatoms. The first-order chi connectivity index (χ1) is 12.8. The number of methoxy groups -OCH3 is 1. The van der Waals surface area contributed by atoms with E-state index in [1.54, 1.807) is 12.1 Å². The first-order valence-electron chi connectivity index (χ1n) is 8.55. The van der Waals surface area contributed by atoms with Crippen LogP contribution in [0.3, 0.4) is 0 Å². The van der Waals surface area contributed by atoms with Crippen LogP contribution in [-0.2, 0) is 4.74 Å². The lowest BCUT2D eigenvalue weighted by Crippen LogP contribution is -2.36. The number of nitrogens with zero attached hydrogens (tertiary/aromatic N) is 2. The molecule has 2 N–H and O–H groups in total. The van der Waals surface area contributed by atoms with Crippen LogP contribution in [0, 0.1) is 6.92 Å². The van der Waals surface area contributed by atoms with Gasteiger partial charge in [0, 0.05) is 20.1 Å². The quantitative estimate of drug-likeness (QED) is 0.779. The summed E-state index contributed by atoms with van der Waals surface area (Å²) in [5.74, 6) is -0.421. The van der Waals surface area contributed by atoms with Gasteiger partial charge in [0.1, 0.15) is 11.4 Å². The third-order valence-electron chi connectivity index (χ3n) is 4.55. The van der Waals surface area contributed by atoms with Crippen molar-refractivity contribution in [2.45, 2.75) is 31.6 Å². The zero-order chi connectivity index (χ0) is 19.6. The number of nitrogens with one attached hydrogen (secondary N) is 2. The number of benzene rings is 1. The fourth-order valence-electron chi connectivity index (χ4n) is 3.11. The van der Waals surface area contributed by atoms with Gasteiger partial charge in [0.05, 0.1) is 18.8 Å². The monoisotopic (exact) mass is 382 g/mol. The zero-order valence-electron chi connectivity index (χ0n) is 15.0. The van der Waals surface area contributed by atoms with E-state index >= 15 is 0 Å². The number of carbonyl (C=O) groups excluding carboxylic acids is 1. The van der Waals surface area contributed by atoms with Gasteiger partial charge in [0.2, 0.25) is 0 Å². The number of aromatic nitrogens is 2. The van der Waals surface area contributed by atoms with Gasteiger partial charge in [-0.15, -0.1) is 0 Å². The zero-order valence-corrected chi connectivity index (χ0v) is 15.0. The Morgan fingerprint density at radius 1 is 1.37 bits per heavy atom. The summed E-state index contributed by atoms with van der Waals surface area (Å²) in [5, 5.41) is 9.51. The van der Waals surface area contributed by atoms with E-state index in [2.05, 4.69) is 15.7 Å². The Balaban J connectivity index is 1.93. The fraction of sp³-hybridized carbons (Fsp3) is 0.444. The predicted molar refractivity (Wildman–Crippen MR) is 93.7 cm³/mol. The number of hydrogen-bond acceptors (Lipinski definition) is 4. The van der Waals surface area contributed by atoms with Crippen LogP contribution < -0.4 is 10.6 Å². The van der Waals surface area contributed by atoms with Gasteiger partial charge in [-0.25, -0.2) is 4.68 Å². The number of amides is 1. The predicted octanol–water partition coefficient (Wildman–Crippen LogP) is 3.23. The molecule has 1 aromatic heterocycles. The maximum absolute atomic E-state index is 13.6. The van der Waals surface area contributed by atoms with Gasteiger partial charge in [-0.1, -0.05) is 29.8 Å². The smallest absolute Gasteiger partial charge is 0.383 e. The van der Waals surface area contributed by atoms with Crippen molar-refractivity contribution in [3.05, 3.63) is 47.2 Å². The molecule has 0 spiro atoms. The average Bonchev–Trinajstić information content (AvgIpc) is 3.04. The maximum Gasteiger partial charge on any atom is 0.410 e. The van der Waals surface area contributed by atoms with Gasteiger partial charge in [-0.2, -0.15) is 18.3 Å². The van der Waals surface area contributed by atoms with Crippen LogP contribution in [0.25, 0.3) is 0 Å². The van der Waals surface area contributed by atoms with E-state index in [9.17, 15) is 18.0 Å². The molecule has 1 aromatic carbocycles. The second-order valence-electron chi connectivity index (χ2n) is 6.50. The number of ether oxygens (including phenoxy) is 1. The Kier molecular flexibility index (Phi) is 5.41. The highest BCUT2D eigenvalue weighted by Gasteiger charge is 2.47. The van der Waals surface area contributed by atoms with E-state index in [4.69, 9.17) is 4.74 Å². The molecule has 3 rings (SSSR count). The number of alkyl halides is 3. The molecule has 2 atom stereocenters. The van der Waals surface area contributed by atoms with E-state index in [1.807, 2.05) is 19.1 Å². The number of fused-ring (bicyclic) bond motifs is 1. The lowest BCUT2D eigenvalue weighted by Gasteiger charge is -2.34. The number of aryl methyl sites for hydroxylation is 1. The molecule has 1 amide bonds. The van der Waals surface area contributed by atoms with Gasteiger partial charge in [0.15, 0.2) is 6.04 Å². The molecule has 0 radical (unpaired) electrons. The van der Waals surface area contributed by atoms with Crippen molar-refractivity contribution in [3.63, 3.8) is 0 Å². The highest BCUT2D eigenvalue weighted by molar-refractivity contribution is 5.98. The standard InChI is InChI=1S/C18H21F3N4O2/c1-11-3-5-12(6-4-11)14-9-15(18(19,20)21)25-16(24-14)13(10-23-25)17(26)22-7-8-27-2/h3-6,10,14-15,24H,7-9H2,1-2H3,(H,22,26). The summed E-state index contributed by atoms with van der Waals surface area (Å²) in [6.07, 6.45) is -3.51. The molecule has 146 valence electrons. The van der Waals surface area contributed by atoms with Crippen LogP contribution in [0.2, 0.25) is 0 Å². The largest absolute Gasteiger partial charge is 0.410 e. The van der Waals surface area contributed by atoms with Gasteiger partial charge in [-0.05, 0) is 12.5 Å². The van der Waals surface area contributed by atoms with Crippen LogP contribution in [0.1, 0.15) is 40.0 Å². The molecule has 0 bridgehead atoms. The van der Waals surface area contributed by atoms with Crippen molar-refractivity contribution in [2.75, 3.05) is 25.6 Å². The fourth-order valence-corrected chi connectivity index (χ4v) is 3.11. The summed E-state index contributed by atoms with van der Waals surface area (Å²) in [6, 6.07) is 4.91. The van der Waals surface area contributed by atoms with Crippen LogP contribution in [0.15, 0.2) is 30.5 Å². The molecule has 6 nitrogen and oxygen atoms in total. The van der Waals surface area contributed by atoms with Crippen molar-refractivity contribution in [1.82, 2.24) is 15.1 Å². The van der Waals surface area contributed by atoms with Crippen molar-refractivity contribution in [3.8, 4) is 0 Å². The minimum absolute atomic E-state index is 0.0732. The summed E-state index contributed by atoms with van der Waals surface area (Å²) in [5.41, 5.74) is 1.83. The number of anilines is 1. The van der Waals surface area contributed by atoms with Crippen molar-refractivity contribution >= 4 is 11.7 Å². The molecule has 0 fully saturated rings. The van der Waals surface area contributed by atoms with E-state index in [1.165, 1.54) is 13.3 Å². The molecule has 0 aliphatic carbocycles. The second-order valence-corrected chi connectivity index (χ2v) is 6.50. The maximum atomic E-state index is 13.6. The van der Waals surface area contributed by atoms with Crippen molar-refractivity contribution in [1.29, 1.82) is 0 Å². The molecule has 1 aliphatic heterocycles. The van der Waals surface area contributed by atoms with Gasteiger partial charge in [-0.3, -0.25) is 4.79 Å². The first kappa shape index (κ1) is 19.2.